The molecule has 0 atom stereocenters. The van der Waals surface area contributed by atoms with Crippen LogP contribution < -0.4 is 15.2 Å². The van der Waals surface area contributed by atoms with E-state index in [1.165, 1.54) is 0 Å². The zero-order valence-corrected chi connectivity index (χ0v) is 17.1. The monoisotopic (exact) mass is 401 g/mol. The summed E-state index contributed by atoms with van der Waals surface area (Å²) in [5.74, 6) is 1.65. The van der Waals surface area contributed by atoms with Crippen molar-refractivity contribution in [1.29, 1.82) is 5.26 Å². The molecule has 2 aromatic heterocycles. The topological polar surface area (TPSA) is 104 Å². The number of pyridine rings is 1. The lowest BCUT2D eigenvalue weighted by atomic mass is 10.1. The van der Waals surface area contributed by atoms with Crippen molar-refractivity contribution in [1.82, 2.24) is 9.55 Å². The molecule has 0 radical (unpaired) electrons. The minimum Gasteiger partial charge on any atom is -0.710 e. The number of benzene rings is 2. The number of nitrogen functional groups attached to an aromatic ring is 1. The molecule has 0 amide bonds. The van der Waals surface area contributed by atoms with Crippen molar-refractivity contribution in [2.75, 3.05) is 5.73 Å². The number of aromatic nitrogens is 3. The number of rotatable bonds is 6. The predicted octanol–water partition coefficient (Wildman–Crippen LogP) is 3.74. The van der Waals surface area contributed by atoms with E-state index in [0.29, 0.717) is 29.0 Å². The highest BCUT2D eigenvalue weighted by Crippen LogP contribution is 2.30. The number of anilines is 1. The average molecular weight is 401 g/mol. The Balaban J connectivity index is 1.76. The molecule has 0 bridgehead atoms. The Bertz CT molecular complexity index is 1290. The van der Waals surface area contributed by atoms with Crippen LogP contribution in [0.2, 0.25) is 0 Å². The maximum atomic E-state index is 12.7. The van der Waals surface area contributed by atoms with Crippen LogP contribution in [-0.2, 0) is 20.1 Å². The van der Waals surface area contributed by atoms with Crippen LogP contribution >= 0.6 is 0 Å². The SMILES string of the molecule is CCCCc1nc2c(N)[n+]([O-])c3ccc(OCc4cccc(C#N)c4)cc3c2n1C. The summed E-state index contributed by atoms with van der Waals surface area (Å²) in [6, 6.07) is 14.8. The highest BCUT2D eigenvalue weighted by atomic mass is 16.5. The van der Waals surface area contributed by atoms with Gasteiger partial charge in [-0.3, -0.25) is 5.73 Å². The van der Waals surface area contributed by atoms with Crippen LogP contribution in [0.5, 0.6) is 5.75 Å². The summed E-state index contributed by atoms with van der Waals surface area (Å²) < 4.78 is 8.70. The van der Waals surface area contributed by atoms with Gasteiger partial charge in [-0.1, -0.05) is 25.5 Å². The number of nitrogens with zero attached hydrogens (tertiary/aromatic N) is 4. The van der Waals surface area contributed by atoms with E-state index < -0.39 is 0 Å². The first-order valence-electron chi connectivity index (χ1n) is 9.95. The average Bonchev–Trinajstić information content (AvgIpc) is 3.11. The Kier molecular flexibility index (Phi) is 5.15. The Morgan fingerprint density at radius 1 is 1.27 bits per heavy atom. The second-order valence-corrected chi connectivity index (χ2v) is 7.35. The fourth-order valence-electron chi connectivity index (χ4n) is 3.69. The van der Waals surface area contributed by atoms with Crippen LogP contribution in [0.25, 0.3) is 21.9 Å². The highest BCUT2D eigenvalue weighted by molar-refractivity contribution is 6.04. The molecule has 2 N–H and O–H groups in total. The van der Waals surface area contributed by atoms with Gasteiger partial charge < -0.3 is 14.5 Å². The molecule has 7 heteroatoms. The van der Waals surface area contributed by atoms with E-state index in [9.17, 15) is 5.21 Å². The number of nitriles is 1. The molecule has 0 aliphatic carbocycles. The summed E-state index contributed by atoms with van der Waals surface area (Å²) in [5, 5.41) is 22.5. The van der Waals surface area contributed by atoms with Crippen molar-refractivity contribution in [2.24, 2.45) is 7.05 Å². The normalized spacial score (nSPS) is 11.1. The number of imidazole rings is 1. The molecule has 0 saturated carbocycles. The van der Waals surface area contributed by atoms with Gasteiger partial charge in [0.25, 0.3) is 0 Å². The molecule has 0 aliphatic rings. The molecular formula is C23H23N5O2. The Labute approximate surface area is 174 Å². The molecule has 0 aliphatic heterocycles. The number of hydrogen-bond acceptors (Lipinski definition) is 5. The van der Waals surface area contributed by atoms with Gasteiger partial charge in [0.05, 0.1) is 22.5 Å². The Hall–Kier alpha value is -3.79. The number of aryl methyl sites for hydroxylation is 2. The third-order valence-corrected chi connectivity index (χ3v) is 5.31. The van der Waals surface area contributed by atoms with Crippen LogP contribution in [0.15, 0.2) is 42.5 Å². The van der Waals surface area contributed by atoms with E-state index >= 15 is 0 Å². The fourth-order valence-corrected chi connectivity index (χ4v) is 3.69. The Morgan fingerprint density at radius 3 is 2.87 bits per heavy atom. The molecule has 0 spiro atoms. The molecule has 30 heavy (non-hydrogen) atoms. The summed E-state index contributed by atoms with van der Waals surface area (Å²) in [7, 11) is 1.95. The van der Waals surface area contributed by atoms with E-state index in [4.69, 9.17) is 15.7 Å². The summed E-state index contributed by atoms with van der Waals surface area (Å²) in [6.07, 6.45) is 2.90. The third-order valence-electron chi connectivity index (χ3n) is 5.31. The quantitative estimate of drug-likeness (QED) is 0.391. The van der Waals surface area contributed by atoms with Crippen molar-refractivity contribution in [3.8, 4) is 11.8 Å². The molecule has 2 aromatic carbocycles. The van der Waals surface area contributed by atoms with Gasteiger partial charge in [-0.05, 0) is 42.3 Å². The standard InChI is InChI=1S/C23H23N5O2/c1-3-4-8-20-26-21-22(27(20)2)18-12-17(9-10-19(18)28(29)23(21)25)30-14-16-7-5-6-15(11-16)13-24/h5-7,9-12H,3-4,8,14,25H2,1-2H3. The third kappa shape index (κ3) is 3.37. The lowest BCUT2D eigenvalue weighted by Gasteiger charge is -2.13. The van der Waals surface area contributed by atoms with Gasteiger partial charge in [-0.25, -0.2) is 9.71 Å². The second kappa shape index (κ2) is 7.91. The molecule has 0 saturated heterocycles. The van der Waals surface area contributed by atoms with E-state index in [2.05, 4.69) is 18.0 Å². The minimum atomic E-state index is 0.109. The first kappa shape index (κ1) is 19.5. The lowest BCUT2D eigenvalue weighted by molar-refractivity contribution is -0.559. The number of ether oxygens (including phenoxy) is 1. The zero-order valence-electron chi connectivity index (χ0n) is 17.1. The van der Waals surface area contributed by atoms with Gasteiger partial charge in [-0.2, -0.15) is 5.26 Å². The minimum absolute atomic E-state index is 0.109. The number of fused-ring (bicyclic) bond motifs is 3. The predicted molar refractivity (Wildman–Crippen MR) is 116 cm³/mol. The molecule has 4 aromatic rings. The van der Waals surface area contributed by atoms with Gasteiger partial charge in [0.15, 0.2) is 5.52 Å². The van der Waals surface area contributed by atoms with E-state index in [-0.39, 0.29) is 5.82 Å². The molecule has 0 fully saturated rings. The fraction of sp³-hybridized carbons (Fsp3) is 0.261. The van der Waals surface area contributed by atoms with Crippen molar-refractivity contribution < 1.29 is 9.47 Å². The first-order valence-corrected chi connectivity index (χ1v) is 9.95. The van der Waals surface area contributed by atoms with Gasteiger partial charge in [0, 0.05) is 13.5 Å². The number of nitrogens with two attached hydrogens (primary N) is 1. The van der Waals surface area contributed by atoms with E-state index in [1.807, 2.05) is 29.8 Å². The molecule has 2 heterocycles. The molecule has 152 valence electrons. The van der Waals surface area contributed by atoms with Crippen LogP contribution in [0.4, 0.5) is 5.82 Å². The first-order chi connectivity index (χ1) is 14.5. The highest BCUT2D eigenvalue weighted by Gasteiger charge is 2.20. The van der Waals surface area contributed by atoms with Crippen molar-refractivity contribution in [3.63, 3.8) is 0 Å². The van der Waals surface area contributed by atoms with Crippen LogP contribution in [0, 0.1) is 16.5 Å². The smallest absolute Gasteiger partial charge is 0.304 e. The molecular weight excluding hydrogens is 378 g/mol. The molecule has 4 rings (SSSR count). The van der Waals surface area contributed by atoms with Crippen LogP contribution in [0.3, 0.4) is 0 Å². The van der Waals surface area contributed by atoms with Crippen LogP contribution in [-0.4, -0.2) is 9.55 Å². The number of unbranched alkanes of at least 4 members (excludes halogenated alkanes) is 1. The van der Waals surface area contributed by atoms with Gasteiger partial charge in [-0.15, -0.1) is 0 Å². The van der Waals surface area contributed by atoms with E-state index in [0.717, 1.165) is 46.3 Å². The zero-order chi connectivity index (χ0) is 21.3. The largest absolute Gasteiger partial charge is 0.710 e. The van der Waals surface area contributed by atoms with Crippen molar-refractivity contribution in [2.45, 2.75) is 32.8 Å². The summed E-state index contributed by atoms with van der Waals surface area (Å²) in [4.78, 5) is 4.65. The van der Waals surface area contributed by atoms with Crippen molar-refractivity contribution in [3.05, 3.63) is 64.6 Å². The lowest BCUT2D eigenvalue weighted by Crippen LogP contribution is -2.31. The van der Waals surface area contributed by atoms with Gasteiger partial charge >= 0.3 is 5.82 Å². The Morgan fingerprint density at radius 2 is 2.10 bits per heavy atom. The summed E-state index contributed by atoms with van der Waals surface area (Å²) in [6.45, 7) is 2.46. The van der Waals surface area contributed by atoms with Gasteiger partial charge in [0.2, 0.25) is 0 Å². The van der Waals surface area contributed by atoms with Crippen LogP contribution in [0.1, 0.15) is 36.7 Å². The number of hydrogen-bond donors (Lipinski definition) is 1. The molecule has 0 unspecified atom stereocenters. The maximum absolute atomic E-state index is 12.7. The van der Waals surface area contributed by atoms with Gasteiger partial charge in [0.1, 0.15) is 23.7 Å². The second-order valence-electron chi connectivity index (χ2n) is 7.35. The van der Waals surface area contributed by atoms with Crippen molar-refractivity contribution >= 4 is 27.8 Å². The molecule has 7 nitrogen and oxygen atoms in total. The summed E-state index contributed by atoms with van der Waals surface area (Å²) >= 11 is 0. The summed E-state index contributed by atoms with van der Waals surface area (Å²) in [5.41, 5.74) is 9.43. The van der Waals surface area contributed by atoms with E-state index in [1.54, 1.807) is 24.3 Å². The maximum Gasteiger partial charge on any atom is 0.304 e.